The first-order valence-electron chi connectivity index (χ1n) is 7.90. The number of aromatic nitrogens is 2. The fourth-order valence-corrected chi connectivity index (χ4v) is 2.98. The Balaban J connectivity index is 1.78. The van der Waals surface area contributed by atoms with Gasteiger partial charge in [0.05, 0.1) is 11.0 Å². The molecule has 0 unspecified atom stereocenters. The largest absolute Gasteiger partial charge is 0.359 e. The maximum absolute atomic E-state index is 12.4. The van der Waals surface area contributed by atoms with Crippen LogP contribution in [0.4, 0.5) is 4.79 Å². The lowest BCUT2D eigenvalue weighted by molar-refractivity contribution is 0.162. The van der Waals surface area contributed by atoms with Crippen LogP contribution >= 0.6 is 0 Å². The van der Waals surface area contributed by atoms with Gasteiger partial charge in [-0.15, -0.1) is 0 Å². The van der Waals surface area contributed by atoms with Crippen molar-refractivity contribution >= 4 is 22.6 Å². The molecule has 3 heterocycles. The van der Waals surface area contributed by atoms with Crippen molar-refractivity contribution in [3.8, 4) is 0 Å². The molecule has 2 amide bonds. The number of pyridine rings is 1. The Bertz CT molecular complexity index is 700. The summed E-state index contributed by atoms with van der Waals surface area (Å²) in [4.78, 5) is 23.9. The molecule has 0 radical (unpaired) electrons. The summed E-state index contributed by atoms with van der Waals surface area (Å²) in [6.45, 7) is 6.99. The highest BCUT2D eigenvalue weighted by Crippen LogP contribution is 2.28. The molecule has 22 heavy (non-hydrogen) atoms. The van der Waals surface area contributed by atoms with E-state index in [0.29, 0.717) is 6.54 Å². The van der Waals surface area contributed by atoms with E-state index >= 15 is 0 Å². The number of fused-ring (bicyclic) bond motifs is 1. The van der Waals surface area contributed by atoms with Crippen LogP contribution < -0.4 is 0 Å². The Hall–Kier alpha value is -2.30. The summed E-state index contributed by atoms with van der Waals surface area (Å²) in [6.07, 6.45) is 6.86. The molecule has 1 N–H and O–H groups in total. The van der Waals surface area contributed by atoms with Crippen molar-refractivity contribution in [1.29, 1.82) is 0 Å². The van der Waals surface area contributed by atoms with Crippen LogP contribution in [0.25, 0.3) is 16.6 Å². The minimum atomic E-state index is 0.136. The van der Waals surface area contributed by atoms with Gasteiger partial charge in [-0.25, -0.2) is 4.79 Å². The van der Waals surface area contributed by atoms with Crippen LogP contribution in [0.3, 0.4) is 0 Å². The Morgan fingerprint density at radius 2 is 2.23 bits per heavy atom. The van der Waals surface area contributed by atoms with E-state index in [-0.39, 0.29) is 6.03 Å². The van der Waals surface area contributed by atoms with E-state index < -0.39 is 0 Å². The zero-order valence-electron chi connectivity index (χ0n) is 13.2. The highest BCUT2D eigenvalue weighted by Gasteiger charge is 2.22. The summed E-state index contributed by atoms with van der Waals surface area (Å²) in [5.74, 6) is 0. The summed E-state index contributed by atoms with van der Waals surface area (Å²) in [6, 6.07) is 4.10. The normalized spacial score (nSPS) is 15.0. The highest BCUT2D eigenvalue weighted by atomic mass is 16.2. The van der Waals surface area contributed by atoms with Gasteiger partial charge >= 0.3 is 6.03 Å². The zero-order valence-corrected chi connectivity index (χ0v) is 13.2. The van der Waals surface area contributed by atoms with Gasteiger partial charge in [0.25, 0.3) is 0 Å². The van der Waals surface area contributed by atoms with Crippen LogP contribution in [0, 0.1) is 0 Å². The van der Waals surface area contributed by atoms with Gasteiger partial charge < -0.3 is 14.8 Å². The second-order valence-electron chi connectivity index (χ2n) is 5.48. The number of nitrogens with zero attached hydrogens (tertiary/aromatic N) is 3. The molecule has 2 aromatic heterocycles. The predicted molar refractivity (Wildman–Crippen MR) is 88.6 cm³/mol. The lowest BCUT2D eigenvalue weighted by Crippen LogP contribution is -2.44. The fraction of sp³-hybridized carbons (Fsp3) is 0.412. The molecular formula is C17H22N4O. The Morgan fingerprint density at radius 1 is 1.41 bits per heavy atom. The maximum atomic E-state index is 12.4. The van der Waals surface area contributed by atoms with E-state index in [1.54, 1.807) is 0 Å². The number of hydrogen-bond donors (Lipinski definition) is 1. The molecule has 116 valence electrons. The van der Waals surface area contributed by atoms with Gasteiger partial charge in [-0.2, -0.15) is 0 Å². The summed E-state index contributed by atoms with van der Waals surface area (Å²) >= 11 is 0. The molecule has 2 aromatic rings. The van der Waals surface area contributed by atoms with E-state index in [0.717, 1.165) is 42.7 Å². The first-order chi connectivity index (χ1) is 10.7. The molecule has 3 rings (SSSR count). The molecule has 0 fully saturated rings. The summed E-state index contributed by atoms with van der Waals surface area (Å²) in [7, 11) is 0. The van der Waals surface area contributed by atoms with Crippen molar-refractivity contribution in [2.45, 2.75) is 20.3 Å². The SMILES string of the molecule is CCN(CC)C(=O)N1CC=C(c2c[nH]c3cccnc23)CC1. The second kappa shape index (κ2) is 6.22. The smallest absolute Gasteiger partial charge is 0.320 e. The number of urea groups is 1. The number of aromatic amines is 1. The molecule has 0 bridgehead atoms. The van der Waals surface area contributed by atoms with Crippen molar-refractivity contribution in [3.63, 3.8) is 0 Å². The topological polar surface area (TPSA) is 52.2 Å². The molecule has 0 saturated heterocycles. The van der Waals surface area contributed by atoms with Gasteiger partial charge in [0.1, 0.15) is 0 Å². The van der Waals surface area contributed by atoms with Gasteiger partial charge in [0.15, 0.2) is 0 Å². The van der Waals surface area contributed by atoms with Crippen molar-refractivity contribution in [2.75, 3.05) is 26.2 Å². The minimum absolute atomic E-state index is 0.136. The lowest BCUT2D eigenvalue weighted by atomic mass is 10.0. The van der Waals surface area contributed by atoms with Crippen LogP contribution in [0.15, 0.2) is 30.6 Å². The molecule has 0 saturated carbocycles. The molecule has 0 aliphatic carbocycles. The van der Waals surface area contributed by atoms with Crippen LogP contribution in [0.2, 0.25) is 0 Å². The number of amides is 2. The van der Waals surface area contributed by atoms with Crippen LogP contribution in [-0.4, -0.2) is 52.0 Å². The maximum Gasteiger partial charge on any atom is 0.320 e. The Labute approximate surface area is 130 Å². The molecule has 1 aliphatic heterocycles. The van der Waals surface area contributed by atoms with Gasteiger partial charge in [0.2, 0.25) is 0 Å². The Morgan fingerprint density at radius 3 is 2.91 bits per heavy atom. The number of H-pyrrole nitrogens is 1. The summed E-state index contributed by atoms with van der Waals surface area (Å²) < 4.78 is 0. The van der Waals surface area contributed by atoms with Gasteiger partial charge in [0, 0.05) is 44.1 Å². The first kappa shape index (κ1) is 14.6. The number of rotatable bonds is 3. The zero-order chi connectivity index (χ0) is 15.5. The first-order valence-corrected chi connectivity index (χ1v) is 7.90. The standard InChI is InChI=1S/C17H22N4O/c1-3-20(4-2)17(22)21-10-7-13(8-11-21)14-12-19-15-6-5-9-18-16(14)15/h5-7,9,12,19H,3-4,8,10-11H2,1-2H3. The van der Waals surface area contributed by atoms with Crippen molar-refractivity contribution < 1.29 is 4.79 Å². The van der Waals surface area contributed by atoms with E-state index in [1.165, 1.54) is 5.57 Å². The van der Waals surface area contributed by atoms with Crippen LogP contribution in [0.5, 0.6) is 0 Å². The van der Waals surface area contributed by atoms with E-state index in [4.69, 9.17) is 0 Å². The number of nitrogens with one attached hydrogen (secondary N) is 1. The van der Waals surface area contributed by atoms with E-state index in [2.05, 4.69) is 16.0 Å². The predicted octanol–water partition coefficient (Wildman–Crippen LogP) is 3.11. The monoisotopic (exact) mass is 298 g/mol. The third-order valence-corrected chi connectivity index (χ3v) is 4.29. The van der Waals surface area contributed by atoms with E-state index in [1.807, 2.05) is 48.2 Å². The highest BCUT2D eigenvalue weighted by molar-refractivity contribution is 5.90. The Kier molecular flexibility index (Phi) is 4.13. The third kappa shape index (κ3) is 2.58. The van der Waals surface area contributed by atoms with Crippen molar-refractivity contribution in [2.24, 2.45) is 0 Å². The minimum Gasteiger partial charge on any atom is -0.359 e. The number of carbonyl (C=O) groups excluding carboxylic acids is 1. The summed E-state index contributed by atoms with van der Waals surface area (Å²) in [5.41, 5.74) is 4.50. The summed E-state index contributed by atoms with van der Waals surface area (Å²) in [5, 5.41) is 0. The molecule has 0 spiro atoms. The van der Waals surface area contributed by atoms with Crippen LogP contribution in [-0.2, 0) is 0 Å². The average Bonchev–Trinajstić information content (AvgIpc) is 3.00. The molecule has 5 nitrogen and oxygen atoms in total. The molecule has 0 atom stereocenters. The van der Waals surface area contributed by atoms with Crippen molar-refractivity contribution in [3.05, 3.63) is 36.2 Å². The molecule has 1 aliphatic rings. The second-order valence-corrected chi connectivity index (χ2v) is 5.48. The lowest BCUT2D eigenvalue weighted by Gasteiger charge is -2.31. The number of hydrogen-bond acceptors (Lipinski definition) is 2. The van der Waals surface area contributed by atoms with Crippen molar-refractivity contribution in [1.82, 2.24) is 19.8 Å². The van der Waals surface area contributed by atoms with Gasteiger partial charge in [-0.3, -0.25) is 4.98 Å². The molecule has 5 heteroatoms. The van der Waals surface area contributed by atoms with Crippen LogP contribution in [0.1, 0.15) is 25.8 Å². The quantitative estimate of drug-likeness (QED) is 0.946. The van der Waals surface area contributed by atoms with E-state index in [9.17, 15) is 4.79 Å². The molecular weight excluding hydrogens is 276 g/mol. The van der Waals surface area contributed by atoms with Gasteiger partial charge in [-0.05, 0) is 38.0 Å². The number of carbonyl (C=O) groups is 1. The fourth-order valence-electron chi connectivity index (χ4n) is 2.98. The average molecular weight is 298 g/mol. The van der Waals surface area contributed by atoms with Gasteiger partial charge in [-0.1, -0.05) is 6.08 Å². The third-order valence-electron chi connectivity index (χ3n) is 4.29. The molecule has 0 aromatic carbocycles.